The highest BCUT2D eigenvalue weighted by Crippen LogP contribution is 2.31. The van der Waals surface area contributed by atoms with Crippen LogP contribution in [0, 0.1) is 13.8 Å². The molecular formula is C24H37NO2. The molecule has 2 aliphatic rings. The Morgan fingerprint density at radius 2 is 1.56 bits per heavy atom. The Morgan fingerprint density at radius 3 is 2.15 bits per heavy atom. The number of carbonyl (C=O) groups excluding carboxylic acids is 1. The molecule has 2 aliphatic carbocycles. The summed E-state index contributed by atoms with van der Waals surface area (Å²) in [7, 11) is 0. The first-order chi connectivity index (χ1) is 13.2. The Kier molecular flexibility index (Phi) is 7.60. The molecule has 0 atom stereocenters. The van der Waals surface area contributed by atoms with Gasteiger partial charge in [0.05, 0.1) is 6.61 Å². The van der Waals surface area contributed by atoms with Crippen molar-refractivity contribution in [3.63, 3.8) is 0 Å². The van der Waals surface area contributed by atoms with E-state index in [1.807, 2.05) is 12.1 Å². The number of amides is 1. The van der Waals surface area contributed by atoms with Gasteiger partial charge in [-0.3, -0.25) is 4.79 Å². The first-order valence-corrected chi connectivity index (χ1v) is 11.2. The van der Waals surface area contributed by atoms with E-state index in [0.717, 1.165) is 12.2 Å². The van der Waals surface area contributed by atoms with Crippen LogP contribution >= 0.6 is 0 Å². The van der Waals surface area contributed by atoms with Gasteiger partial charge in [0.2, 0.25) is 5.91 Å². The molecule has 150 valence electrons. The van der Waals surface area contributed by atoms with Gasteiger partial charge in [-0.25, -0.2) is 0 Å². The first kappa shape index (κ1) is 20.2. The van der Waals surface area contributed by atoms with Gasteiger partial charge in [-0.2, -0.15) is 0 Å². The lowest BCUT2D eigenvalue weighted by Gasteiger charge is -2.42. The van der Waals surface area contributed by atoms with E-state index in [1.54, 1.807) is 0 Å². The monoisotopic (exact) mass is 371 g/mol. The Hall–Kier alpha value is -1.51. The number of benzene rings is 1. The standard InChI is InChI=1S/C24H37NO2/c1-19-11-9-16-23(20(19)2)27-18-10-17-24(26)25(21-12-5-3-6-13-21)22-14-7-4-8-15-22/h9,11,16,21-22H,3-8,10,12-15,17-18H2,1-2H3. The smallest absolute Gasteiger partial charge is 0.223 e. The number of hydrogen-bond acceptors (Lipinski definition) is 2. The molecular weight excluding hydrogens is 334 g/mol. The van der Waals surface area contributed by atoms with E-state index in [9.17, 15) is 4.79 Å². The molecule has 0 spiro atoms. The zero-order valence-corrected chi connectivity index (χ0v) is 17.3. The minimum Gasteiger partial charge on any atom is -0.493 e. The molecule has 0 bridgehead atoms. The summed E-state index contributed by atoms with van der Waals surface area (Å²) in [5.74, 6) is 1.33. The average Bonchev–Trinajstić information content (AvgIpc) is 2.70. The Bertz CT molecular complexity index is 582. The lowest BCUT2D eigenvalue weighted by Crippen LogP contribution is -2.48. The summed E-state index contributed by atoms with van der Waals surface area (Å²) in [4.78, 5) is 15.5. The molecule has 0 heterocycles. The van der Waals surface area contributed by atoms with Crippen LogP contribution in [0.1, 0.15) is 88.2 Å². The molecule has 0 saturated heterocycles. The minimum atomic E-state index is 0.373. The summed E-state index contributed by atoms with van der Waals surface area (Å²) in [6.07, 6.45) is 14.1. The third-order valence-corrected chi connectivity index (χ3v) is 6.57. The van der Waals surface area contributed by atoms with Crippen molar-refractivity contribution in [2.75, 3.05) is 6.61 Å². The number of carbonyl (C=O) groups is 1. The molecule has 0 unspecified atom stereocenters. The summed E-state index contributed by atoms with van der Waals surface area (Å²) in [6.45, 7) is 4.83. The van der Waals surface area contributed by atoms with Crippen LogP contribution in [-0.2, 0) is 4.79 Å². The Balaban J connectivity index is 1.53. The van der Waals surface area contributed by atoms with Gasteiger partial charge in [0.25, 0.3) is 0 Å². The minimum absolute atomic E-state index is 0.373. The van der Waals surface area contributed by atoms with Crippen LogP contribution in [0.15, 0.2) is 18.2 Å². The molecule has 2 fully saturated rings. The highest BCUT2D eigenvalue weighted by molar-refractivity contribution is 5.77. The first-order valence-electron chi connectivity index (χ1n) is 11.2. The third kappa shape index (κ3) is 5.49. The molecule has 0 aliphatic heterocycles. The van der Waals surface area contributed by atoms with Gasteiger partial charge in [-0.1, -0.05) is 50.7 Å². The van der Waals surface area contributed by atoms with Crippen LogP contribution in [0.4, 0.5) is 0 Å². The lowest BCUT2D eigenvalue weighted by atomic mass is 9.88. The highest BCUT2D eigenvalue weighted by Gasteiger charge is 2.31. The van der Waals surface area contributed by atoms with Gasteiger partial charge < -0.3 is 9.64 Å². The van der Waals surface area contributed by atoms with Gasteiger partial charge in [0.15, 0.2) is 0 Å². The third-order valence-electron chi connectivity index (χ3n) is 6.57. The molecule has 0 N–H and O–H groups in total. The topological polar surface area (TPSA) is 29.5 Å². The molecule has 0 radical (unpaired) electrons. The SMILES string of the molecule is Cc1cccc(OCCCC(=O)N(C2CCCCC2)C2CCCCC2)c1C. The summed E-state index contributed by atoms with van der Waals surface area (Å²) >= 11 is 0. The van der Waals surface area contributed by atoms with Crippen molar-refractivity contribution < 1.29 is 9.53 Å². The summed E-state index contributed by atoms with van der Waals surface area (Å²) in [5, 5.41) is 0. The quantitative estimate of drug-likeness (QED) is 0.554. The number of hydrogen-bond donors (Lipinski definition) is 0. The molecule has 27 heavy (non-hydrogen) atoms. The molecule has 1 aromatic carbocycles. The zero-order chi connectivity index (χ0) is 19.1. The fourth-order valence-electron chi connectivity index (χ4n) is 4.84. The van der Waals surface area contributed by atoms with E-state index in [-0.39, 0.29) is 0 Å². The van der Waals surface area contributed by atoms with Gasteiger partial charge in [-0.05, 0) is 63.1 Å². The maximum atomic E-state index is 13.1. The Morgan fingerprint density at radius 1 is 0.963 bits per heavy atom. The lowest BCUT2D eigenvalue weighted by molar-refractivity contribution is -0.138. The van der Waals surface area contributed by atoms with Crippen molar-refractivity contribution in [2.24, 2.45) is 0 Å². The molecule has 3 heteroatoms. The Labute approximate surface area is 165 Å². The van der Waals surface area contributed by atoms with E-state index in [4.69, 9.17) is 4.74 Å². The zero-order valence-electron chi connectivity index (χ0n) is 17.3. The van der Waals surface area contributed by atoms with Crippen LogP contribution in [0.25, 0.3) is 0 Å². The fourth-order valence-corrected chi connectivity index (χ4v) is 4.84. The van der Waals surface area contributed by atoms with Crippen LogP contribution in [0.3, 0.4) is 0 Å². The van der Waals surface area contributed by atoms with Gasteiger partial charge in [-0.15, -0.1) is 0 Å². The van der Waals surface area contributed by atoms with Crippen LogP contribution < -0.4 is 4.74 Å². The van der Waals surface area contributed by atoms with Crippen molar-refractivity contribution >= 4 is 5.91 Å². The van der Waals surface area contributed by atoms with Crippen LogP contribution in [0.2, 0.25) is 0 Å². The van der Waals surface area contributed by atoms with E-state index in [2.05, 4.69) is 24.8 Å². The summed E-state index contributed by atoms with van der Waals surface area (Å²) in [5.41, 5.74) is 2.46. The van der Waals surface area contributed by atoms with E-state index >= 15 is 0 Å². The normalized spacial score (nSPS) is 19.0. The number of aryl methyl sites for hydroxylation is 1. The number of rotatable bonds is 7. The summed E-state index contributed by atoms with van der Waals surface area (Å²) < 4.78 is 5.97. The summed E-state index contributed by atoms with van der Waals surface area (Å²) in [6, 6.07) is 7.17. The van der Waals surface area contributed by atoms with Gasteiger partial charge in [0.1, 0.15) is 5.75 Å². The van der Waals surface area contributed by atoms with Crippen molar-refractivity contribution in [3.05, 3.63) is 29.3 Å². The molecule has 1 aromatic rings. The van der Waals surface area contributed by atoms with Crippen molar-refractivity contribution in [1.29, 1.82) is 0 Å². The van der Waals surface area contributed by atoms with Gasteiger partial charge in [0, 0.05) is 18.5 Å². The molecule has 3 rings (SSSR count). The second-order valence-corrected chi connectivity index (χ2v) is 8.53. The molecule has 0 aromatic heterocycles. The van der Waals surface area contributed by atoms with Crippen molar-refractivity contribution in [1.82, 2.24) is 4.90 Å². The van der Waals surface area contributed by atoms with E-state index in [0.29, 0.717) is 31.0 Å². The van der Waals surface area contributed by atoms with Gasteiger partial charge >= 0.3 is 0 Å². The van der Waals surface area contributed by atoms with Crippen LogP contribution in [0.5, 0.6) is 5.75 Å². The fraction of sp³-hybridized carbons (Fsp3) is 0.708. The number of nitrogens with zero attached hydrogens (tertiary/aromatic N) is 1. The molecule has 3 nitrogen and oxygen atoms in total. The maximum Gasteiger partial charge on any atom is 0.223 e. The number of ether oxygens (including phenoxy) is 1. The van der Waals surface area contributed by atoms with E-state index < -0.39 is 0 Å². The maximum absolute atomic E-state index is 13.1. The average molecular weight is 372 g/mol. The molecule has 1 amide bonds. The van der Waals surface area contributed by atoms with Crippen LogP contribution in [-0.4, -0.2) is 29.5 Å². The largest absolute Gasteiger partial charge is 0.493 e. The van der Waals surface area contributed by atoms with Crippen molar-refractivity contribution in [2.45, 2.75) is 103 Å². The van der Waals surface area contributed by atoms with E-state index in [1.165, 1.54) is 75.3 Å². The predicted molar refractivity (Wildman–Crippen MR) is 111 cm³/mol. The second-order valence-electron chi connectivity index (χ2n) is 8.53. The predicted octanol–water partition coefficient (Wildman–Crippen LogP) is 5.96. The molecule has 2 saturated carbocycles. The van der Waals surface area contributed by atoms with Crippen molar-refractivity contribution in [3.8, 4) is 5.75 Å². The highest BCUT2D eigenvalue weighted by atomic mass is 16.5. The second kappa shape index (κ2) is 10.1.